The minimum atomic E-state index is -1.19. The lowest BCUT2D eigenvalue weighted by atomic mass is 10.0. The number of carboxylic acid groups (broad SMARTS) is 2. The van der Waals surface area contributed by atoms with Crippen LogP contribution < -0.4 is 4.74 Å². The maximum absolute atomic E-state index is 11.0. The lowest BCUT2D eigenvalue weighted by Gasteiger charge is -2.11. The molecule has 5 heteroatoms. The third kappa shape index (κ3) is 2.13. The minimum absolute atomic E-state index is 0.0270. The van der Waals surface area contributed by atoms with Crippen molar-refractivity contribution in [2.24, 2.45) is 0 Å². The molecule has 0 heterocycles. The molecule has 0 atom stereocenters. The van der Waals surface area contributed by atoms with E-state index in [4.69, 9.17) is 14.9 Å². The van der Waals surface area contributed by atoms with Gasteiger partial charge in [0.2, 0.25) is 0 Å². The number of rotatable bonds is 4. The van der Waals surface area contributed by atoms with E-state index in [1.807, 2.05) is 0 Å². The van der Waals surface area contributed by atoms with Gasteiger partial charge in [-0.1, -0.05) is 0 Å². The molecular formula is C11H12O5. The average molecular weight is 224 g/mol. The summed E-state index contributed by atoms with van der Waals surface area (Å²) in [6.45, 7) is 3.51. The van der Waals surface area contributed by atoms with Gasteiger partial charge in [0.1, 0.15) is 11.3 Å². The first-order valence-electron chi connectivity index (χ1n) is 4.72. The number of hydrogen-bond donors (Lipinski definition) is 2. The van der Waals surface area contributed by atoms with Gasteiger partial charge in [0.25, 0.3) is 0 Å². The molecule has 0 aliphatic carbocycles. The molecule has 16 heavy (non-hydrogen) atoms. The van der Waals surface area contributed by atoms with Gasteiger partial charge in [0.05, 0.1) is 12.2 Å². The van der Waals surface area contributed by atoms with Crippen molar-refractivity contribution in [1.82, 2.24) is 0 Å². The van der Waals surface area contributed by atoms with Gasteiger partial charge in [0, 0.05) is 0 Å². The van der Waals surface area contributed by atoms with Crippen LogP contribution in [0, 0.1) is 6.92 Å². The van der Waals surface area contributed by atoms with Crippen LogP contribution in [0.1, 0.15) is 33.2 Å². The topological polar surface area (TPSA) is 83.8 Å². The molecule has 0 bridgehead atoms. The second-order valence-corrected chi connectivity index (χ2v) is 3.15. The molecule has 0 aliphatic heterocycles. The molecule has 0 spiro atoms. The number of ether oxygens (including phenoxy) is 1. The smallest absolute Gasteiger partial charge is 0.339 e. The molecule has 2 N–H and O–H groups in total. The van der Waals surface area contributed by atoms with E-state index in [9.17, 15) is 9.59 Å². The van der Waals surface area contributed by atoms with Crippen LogP contribution >= 0.6 is 0 Å². The summed E-state index contributed by atoms with van der Waals surface area (Å²) in [5.41, 5.74) is 0.0774. The van der Waals surface area contributed by atoms with Crippen LogP contribution in [-0.2, 0) is 0 Å². The van der Waals surface area contributed by atoms with Crippen molar-refractivity contribution < 1.29 is 24.5 Å². The molecule has 0 saturated carbocycles. The Morgan fingerprint density at radius 2 is 1.88 bits per heavy atom. The quantitative estimate of drug-likeness (QED) is 0.814. The van der Waals surface area contributed by atoms with Gasteiger partial charge in [-0.3, -0.25) is 0 Å². The zero-order valence-electron chi connectivity index (χ0n) is 8.98. The average Bonchev–Trinajstić information content (AvgIpc) is 2.17. The van der Waals surface area contributed by atoms with Crippen LogP contribution in [0.4, 0.5) is 0 Å². The van der Waals surface area contributed by atoms with Crippen molar-refractivity contribution in [1.29, 1.82) is 0 Å². The van der Waals surface area contributed by atoms with Crippen LogP contribution in [-0.4, -0.2) is 28.8 Å². The first-order valence-corrected chi connectivity index (χ1v) is 4.72. The Bertz CT molecular complexity index is 436. The fraction of sp³-hybridized carbons (Fsp3) is 0.273. The third-order valence-electron chi connectivity index (χ3n) is 2.17. The summed E-state index contributed by atoms with van der Waals surface area (Å²) in [6.07, 6.45) is 0. The van der Waals surface area contributed by atoms with Gasteiger partial charge in [0.15, 0.2) is 0 Å². The Hall–Kier alpha value is -2.04. The van der Waals surface area contributed by atoms with Crippen molar-refractivity contribution in [3.63, 3.8) is 0 Å². The molecule has 86 valence electrons. The molecule has 0 aliphatic rings. The number of carboxylic acids is 2. The molecule has 1 aromatic carbocycles. The van der Waals surface area contributed by atoms with E-state index in [-0.39, 0.29) is 22.4 Å². The number of hydrogen-bond acceptors (Lipinski definition) is 3. The third-order valence-corrected chi connectivity index (χ3v) is 2.17. The Morgan fingerprint density at radius 1 is 1.25 bits per heavy atom. The summed E-state index contributed by atoms with van der Waals surface area (Å²) in [6, 6.07) is 2.71. The summed E-state index contributed by atoms with van der Waals surface area (Å²) >= 11 is 0. The standard InChI is InChI=1S/C11H12O5/c1-3-16-8-5-4-7(10(12)13)6(2)9(8)11(14)15/h4-5H,3H2,1-2H3,(H,12,13)(H,14,15). The highest BCUT2D eigenvalue weighted by atomic mass is 16.5. The van der Waals surface area contributed by atoms with E-state index in [1.165, 1.54) is 19.1 Å². The minimum Gasteiger partial charge on any atom is -0.493 e. The second kappa shape index (κ2) is 4.65. The maximum Gasteiger partial charge on any atom is 0.339 e. The zero-order valence-corrected chi connectivity index (χ0v) is 8.98. The maximum atomic E-state index is 11.0. The SMILES string of the molecule is CCOc1ccc(C(=O)O)c(C)c1C(=O)O. The molecule has 0 fully saturated rings. The Balaban J connectivity index is 3.41. The number of carbonyl (C=O) groups is 2. The van der Waals surface area contributed by atoms with Crippen LogP contribution in [0.3, 0.4) is 0 Å². The number of aromatic carboxylic acids is 2. The molecule has 1 aromatic rings. The predicted octanol–water partition coefficient (Wildman–Crippen LogP) is 1.79. The fourth-order valence-corrected chi connectivity index (χ4v) is 1.46. The molecule has 0 radical (unpaired) electrons. The highest BCUT2D eigenvalue weighted by Gasteiger charge is 2.19. The summed E-state index contributed by atoms with van der Waals surface area (Å²) in [5.74, 6) is -2.15. The normalized spacial score (nSPS) is 9.88. The molecule has 0 unspecified atom stereocenters. The van der Waals surface area contributed by atoms with Crippen molar-refractivity contribution in [3.8, 4) is 5.75 Å². The van der Waals surface area contributed by atoms with Crippen molar-refractivity contribution in [2.75, 3.05) is 6.61 Å². The van der Waals surface area contributed by atoms with Crippen molar-refractivity contribution in [2.45, 2.75) is 13.8 Å². The van der Waals surface area contributed by atoms with E-state index < -0.39 is 11.9 Å². The van der Waals surface area contributed by atoms with Gasteiger partial charge in [-0.2, -0.15) is 0 Å². The monoisotopic (exact) mass is 224 g/mol. The van der Waals surface area contributed by atoms with Crippen LogP contribution in [0.5, 0.6) is 5.75 Å². The van der Waals surface area contributed by atoms with E-state index in [0.717, 1.165) is 0 Å². The fourth-order valence-electron chi connectivity index (χ4n) is 1.46. The Labute approximate surface area is 92.3 Å². The highest BCUT2D eigenvalue weighted by Crippen LogP contribution is 2.25. The second-order valence-electron chi connectivity index (χ2n) is 3.15. The molecule has 5 nitrogen and oxygen atoms in total. The first kappa shape index (κ1) is 12.0. The zero-order chi connectivity index (χ0) is 12.3. The first-order chi connectivity index (χ1) is 7.49. The molecule has 0 saturated heterocycles. The van der Waals surface area contributed by atoms with Crippen molar-refractivity contribution in [3.05, 3.63) is 28.8 Å². The van der Waals surface area contributed by atoms with Gasteiger partial charge in [-0.15, -0.1) is 0 Å². The van der Waals surface area contributed by atoms with Crippen LogP contribution in [0.2, 0.25) is 0 Å². The van der Waals surface area contributed by atoms with Gasteiger partial charge >= 0.3 is 11.9 Å². The Morgan fingerprint density at radius 3 is 2.31 bits per heavy atom. The molecule has 0 aromatic heterocycles. The summed E-state index contributed by atoms with van der Waals surface area (Å²) < 4.78 is 5.14. The van der Waals surface area contributed by atoms with Crippen molar-refractivity contribution >= 4 is 11.9 Å². The molecule has 1 rings (SSSR count). The number of benzene rings is 1. The summed E-state index contributed by atoms with van der Waals surface area (Å²) in [4.78, 5) is 21.9. The predicted molar refractivity (Wildman–Crippen MR) is 56.3 cm³/mol. The molecule has 0 amide bonds. The molecular weight excluding hydrogens is 212 g/mol. The van der Waals surface area contributed by atoms with Crippen LogP contribution in [0.25, 0.3) is 0 Å². The lowest BCUT2D eigenvalue weighted by Crippen LogP contribution is -2.10. The van der Waals surface area contributed by atoms with E-state index in [0.29, 0.717) is 6.61 Å². The highest BCUT2D eigenvalue weighted by molar-refractivity contribution is 5.98. The largest absolute Gasteiger partial charge is 0.493 e. The van der Waals surface area contributed by atoms with Crippen LogP contribution in [0.15, 0.2) is 12.1 Å². The van der Waals surface area contributed by atoms with Gasteiger partial charge in [-0.25, -0.2) is 9.59 Å². The van der Waals surface area contributed by atoms with E-state index >= 15 is 0 Å². The van der Waals surface area contributed by atoms with Gasteiger partial charge in [-0.05, 0) is 31.5 Å². The van der Waals surface area contributed by atoms with E-state index in [1.54, 1.807) is 6.92 Å². The Kier molecular flexibility index (Phi) is 3.50. The van der Waals surface area contributed by atoms with Gasteiger partial charge < -0.3 is 14.9 Å². The van der Waals surface area contributed by atoms with E-state index in [2.05, 4.69) is 0 Å². The lowest BCUT2D eigenvalue weighted by molar-refractivity contribution is 0.0691. The summed E-state index contributed by atoms with van der Waals surface area (Å²) in [7, 11) is 0. The summed E-state index contributed by atoms with van der Waals surface area (Å²) in [5, 5.41) is 17.9.